The Morgan fingerprint density at radius 2 is 2.00 bits per heavy atom. The maximum atomic E-state index is 10.9. The van der Waals surface area contributed by atoms with E-state index in [9.17, 15) is 4.79 Å². The molecule has 0 amide bonds. The van der Waals surface area contributed by atoms with Crippen molar-refractivity contribution >= 4 is 11.7 Å². The van der Waals surface area contributed by atoms with Crippen LogP contribution in [0.25, 0.3) is 0 Å². The summed E-state index contributed by atoms with van der Waals surface area (Å²) in [7, 11) is 3.41. The molecule has 94 valence electrons. The predicted molar refractivity (Wildman–Crippen MR) is 69.1 cm³/mol. The van der Waals surface area contributed by atoms with E-state index < -0.39 is 0 Å². The molecule has 4 heteroatoms. The first-order chi connectivity index (χ1) is 8.22. The summed E-state index contributed by atoms with van der Waals surface area (Å²) in [5, 5.41) is 3.32. The zero-order valence-electron chi connectivity index (χ0n) is 10.5. The Kier molecular flexibility index (Phi) is 6.10. The van der Waals surface area contributed by atoms with Gasteiger partial charge in [-0.15, -0.1) is 0 Å². The van der Waals surface area contributed by atoms with Crippen LogP contribution >= 0.6 is 0 Å². The molecule has 0 fully saturated rings. The number of benzene rings is 1. The van der Waals surface area contributed by atoms with E-state index in [0.717, 1.165) is 25.3 Å². The Balaban J connectivity index is 2.12. The van der Waals surface area contributed by atoms with Gasteiger partial charge in [-0.3, -0.25) is 4.79 Å². The number of nitrogens with one attached hydrogen (secondary N) is 1. The lowest BCUT2D eigenvalue weighted by Gasteiger charge is -2.16. The van der Waals surface area contributed by atoms with E-state index in [2.05, 4.69) is 15.0 Å². The van der Waals surface area contributed by atoms with Crippen LogP contribution in [0.4, 0.5) is 5.69 Å². The fraction of sp³-hybridized carbons (Fsp3) is 0.462. The van der Waals surface area contributed by atoms with Crippen LogP contribution in [0, 0.1) is 0 Å². The highest BCUT2D eigenvalue weighted by Gasteiger charge is 2.03. The first-order valence-corrected chi connectivity index (χ1v) is 5.76. The molecule has 0 atom stereocenters. The molecule has 17 heavy (non-hydrogen) atoms. The smallest absolute Gasteiger partial charge is 0.306 e. The third-order valence-corrected chi connectivity index (χ3v) is 2.52. The van der Waals surface area contributed by atoms with Gasteiger partial charge in [-0.25, -0.2) is 0 Å². The number of nitrogens with zero attached hydrogens (tertiary/aromatic N) is 1. The lowest BCUT2D eigenvalue weighted by atomic mass is 10.3. The number of esters is 1. The molecular weight excluding hydrogens is 216 g/mol. The van der Waals surface area contributed by atoms with Gasteiger partial charge in [-0.05, 0) is 19.2 Å². The monoisotopic (exact) mass is 236 g/mol. The molecule has 0 aliphatic carbocycles. The van der Waals surface area contributed by atoms with E-state index in [1.54, 1.807) is 0 Å². The van der Waals surface area contributed by atoms with Crippen molar-refractivity contribution in [2.45, 2.75) is 6.42 Å². The van der Waals surface area contributed by atoms with Crippen molar-refractivity contribution in [1.29, 1.82) is 0 Å². The molecule has 0 saturated carbocycles. The van der Waals surface area contributed by atoms with Crippen LogP contribution in [0.5, 0.6) is 0 Å². The summed E-state index contributed by atoms with van der Waals surface area (Å²) in [6.45, 7) is 2.48. The maximum Gasteiger partial charge on any atom is 0.306 e. The van der Waals surface area contributed by atoms with Crippen molar-refractivity contribution in [3.63, 3.8) is 0 Å². The van der Waals surface area contributed by atoms with Gasteiger partial charge in [0.25, 0.3) is 0 Å². The zero-order valence-corrected chi connectivity index (χ0v) is 10.5. The molecule has 1 aromatic carbocycles. The second-order valence-corrected chi connectivity index (χ2v) is 3.92. The molecule has 1 N–H and O–H groups in total. The lowest BCUT2D eigenvalue weighted by Crippen LogP contribution is -2.27. The van der Waals surface area contributed by atoms with Crippen LogP contribution in [0.15, 0.2) is 30.3 Å². The van der Waals surface area contributed by atoms with E-state index in [1.165, 1.54) is 7.11 Å². The minimum Gasteiger partial charge on any atom is -0.469 e. The molecule has 0 spiro atoms. The highest BCUT2D eigenvalue weighted by molar-refractivity contribution is 5.69. The number of ether oxygens (including phenoxy) is 1. The van der Waals surface area contributed by atoms with Crippen molar-refractivity contribution < 1.29 is 9.53 Å². The van der Waals surface area contributed by atoms with Crippen LogP contribution < -0.4 is 5.32 Å². The van der Waals surface area contributed by atoms with Crippen LogP contribution in [0.2, 0.25) is 0 Å². The van der Waals surface area contributed by atoms with Crippen LogP contribution in [0.1, 0.15) is 6.42 Å². The largest absolute Gasteiger partial charge is 0.469 e. The van der Waals surface area contributed by atoms with E-state index in [4.69, 9.17) is 0 Å². The SMILES string of the molecule is COC(=O)CCN(C)CCNc1ccccc1. The normalized spacial score (nSPS) is 10.3. The van der Waals surface area contributed by atoms with Crippen molar-refractivity contribution in [2.24, 2.45) is 0 Å². The van der Waals surface area contributed by atoms with Crippen LogP contribution in [-0.4, -0.2) is 44.7 Å². The van der Waals surface area contributed by atoms with Gasteiger partial charge in [0, 0.05) is 25.3 Å². The van der Waals surface area contributed by atoms with Crippen molar-refractivity contribution in [3.8, 4) is 0 Å². The van der Waals surface area contributed by atoms with Crippen molar-refractivity contribution in [3.05, 3.63) is 30.3 Å². The standard InChI is InChI=1S/C13H20N2O2/c1-15(10-8-13(16)17-2)11-9-14-12-6-4-3-5-7-12/h3-7,14H,8-11H2,1-2H3. The van der Waals surface area contributed by atoms with Gasteiger partial charge in [0.1, 0.15) is 0 Å². The maximum absolute atomic E-state index is 10.9. The molecular formula is C13H20N2O2. The number of carbonyl (C=O) groups excluding carboxylic acids is 1. The summed E-state index contributed by atoms with van der Waals surface area (Å²) < 4.78 is 4.59. The highest BCUT2D eigenvalue weighted by Crippen LogP contribution is 2.03. The first-order valence-electron chi connectivity index (χ1n) is 5.76. The Morgan fingerprint density at radius 1 is 1.29 bits per heavy atom. The van der Waals surface area contributed by atoms with Gasteiger partial charge >= 0.3 is 5.97 Å². The zero-order chi connectivity index (χ0) is 12.5. The Hall–Kier alpha value is -1.55. The number of likely N-dealkylation sites (N-methyl/N-ethyl adjacent to an activating group) is 1. The summed E-state index contributed by atoms with van der Waals surface area (Å²) in [4.78, 5) is 13.1. The average molecular weight is 236 g/mol. The van der Waals surface area contributed by atoms with Gasteiger partial charge in [-0.1, -0.05) is 18.2 Å². The number of hydrogen-bond donors (Lipinski definition) is 1. The number of anilines is 1. The van der Waals surface area contributed by atoms with Gasteiger partial charge < -0.3 is 15.0 Å². The fourth-order valence-corrected chi connectivity index (χ4v) is 1.44. The summed E-state index contributed by atoms with van der Waals surface area (Å²) in [6.07, 6.45) is 0.443. The molecule has 0 bridgehead atoms. The molecule has 0 aromatic heterocycles. The molecule has 0 aliphatic rings. The number of para-hydroxylation sites is 1. The minimum atomic E-state index is -0.159. The molecule has 0 aliphatic heterocycles. The Morgan fingerprint density at radius 3 is 2.65 bits per heavy atom. The quantitative estimate of drug-likeness (QED) is 0.730. The number of carbonyl (C=O) groups is 1. The first kappa shape index (κ1) is 13.5. The summed E-state index contributed by atoms with van der Waals surface area (Å²) in [5.41, 5.74) is 1.12. The molecule has 4 nitrogen and oxygen atoms in total. The van der Waals surface area contributed by atoms with E-state index in [-0.39, 0.29) is 5.97 Å². The lowest BCUT2D eigenvalue weighted by molar-refractivity contribution is -0.140. The third-order valence-electron chi connectivity index (χ3n) is 2.52. The molecule has 0 radical (unpaired) electrons. The summed E-state index contributed by atoms with van der Waals surface area (Å²) in [5.74, 6) is -0.159. The Bertz CT molecular complexity index is 327. The molecule has 1 aromatic rings. The van der Waals surface area contributed by atoms with Crippen LogP contribution in [-0.2, 0) is 9.53 Å². The van der Waals surface area contributed by atoms with Crippen LogP contribution in [0.3, 0.4) is 0 Å². The average Bonchev–Trinajstić information content (AvgIpc) is 2.37. The summed E-state index contributed by atoms with van der Waals surface area (Å²) >= 11 is 0. The molecule has 0 saturated heterocycles. The van der Waals surface area contributed by atoms with Gasteiger partial charge in [-0.2, -0.15) is 0 Å². The molecule has 1 rings (SSSR count). The van der Waals surface area contributed by atoms with Gasteiger partial charge in [0.2, 0.25) is 0 Å². The molecule has 0 unspecified atom stereocenters. The van der Waals surface area contributed by atoms with Crippen molar-refractivity contribution in [2.75, 3.05) is 39.1 Å². The number of methoxy groups -OCH3 is 1. The minimum absolute atomic E-state index is 0.159. The van der Waals surface area contributed by atoms with E-state index in [0.29, 0.717) is 6.42 Å². The van der Waals surface area contributed by atoms with Gasteiger partial charge in [0.15, 0.2) is 0 Å². The number of hydrogen-bond acceptors (Lipinski definition) is 4. The second kappa shape index (κ2) is 7.68. The Labute approximate surface area is 103 Å². The van der Waals surface area contributed by atoms with E-state index in [1.807, 2.05) is 37.4 Å². The fourth-order valence-electron chi connectivity index (χ4n) is 1.44. The van der Waals surface area contributed by atoms with Crippen molar-refractivity contribution in [1.82, 2.24) is 4.90 Å². The van der Waals surface area contributed by atoms with Gasteiger partial charge in [0.05, 0.1) is 13.5 Å². The number of rotatable bonds is 7. The molecule has 0 heterocycles. The third kappa shape index (κ3) is 5.92. The summed E-state index contributed by atoms with van der Waals surface area (Å²) in [6, 6.07) is 10.1. The predicted octanol–water partition coefficient (Wildman–Crippen LogP) is 1.59. The second-order valence-electron chi connectivity index (χ2n) is 3.92. The van der Waals surface area contributed by atoms with E-state index >= 15 is 0 Å². The highest BCUT2D eigenvalue weighted by atomic mass is 16.5. The topological polar surface area (TPSA) is 41.6 Å².